The van der Waals surface area contributed by atoms with Gasteiger partial charge in [0.05, 0.1) is 13.7 Å². The number of nitrogens with one attached hydrogen (secondary N) is 1. The summed E-state index contributed by atoms with van der Waals surface area (Å²) in [7, 11) is 1.47. The Hall–Kier alpha value is -2.04. The number of nitrogens with zero attached hydrogens (tertiary/aromatic N) is 1. The van der Waals surface area contributed by atoms with Gasteiger partial charge in [0.1, 0.15) is 0 Å². The highest BCUT2D eigenvalue weighted by Crippen LogP contribution is 2.38. The first-order valence-electron chi connectivity index (χ1n) is 6.64. The van der Waals surface area contributed by atoms with Gasteiger partial charge in [0.15, 0.2) is 17.5 Å². The van der Waals surface area contributed by atoms with Gasteiger partial charge in [-0.15, -0.1) is 6.58 Å². The zero-order valence-electron chi connectivity index (χ0n) is 11.6. The number of aliphatic imine (C=N–C) groups is 1. The Balaban J connectivity index is 1.87. The van der Waals surface area contributed by atoms with E-state index in [1.807, 2.05) is 6.07 Å². The molecule has 5 heteroatoms. The van der Waals surface area contributed by atoms with Crippen molar-refractivity contribution < 1.29 is 9.13 Å². The van der Waals surface area contributed by atoms with Gasteiger partial charge >= 0.3 is 0 Å². The van der Waals surface area contributed by atoms with Crippen LogP contribution in [0.1, 0.15) is 24.3 Å². The summed E-state index contributed by atoms with van der Waals surface area (Å²) < 4.78 is 18.5. The molecule has 0 radical (unpaired) electrons. The zero-order valence-corrected chi connectivity index (χ0v) is 11.6. The Labute approximate surface area is 118 Å². The quantitative estimate of drug-likeness (QED) is 0.492. The van der Waals surface area contributed by atoms with Crippen LogP contribution in [0, 0.1) is 5.82 Å². The predicted molar refractivity (Wildman–Crippen MR) is 78.5 cm³/mol. The molecule has 0 heterocycles. The highest BCUT2D eigenvalue weighted by atomic mass is 19.1. The van der Waals surface area contributed by atoms with Crippen molar-refractivity contribution in [2.75, 3.05) is 13.7 Å². The summed E-state index contributed by atoms with van der Waals surface area (Å²) in [6.07, 6.45) is 3.55. The van der Waals surface area contributed by atoms with Gasteiger partial charge in [-0.2, -0.15) is 0 Å². The summed E-state index contributed by atoms with van der Waals surface area (Å²) >= 11 is 0. The molecule has 108 valence electrons. The average molecular weight is 277 g/mol. The van der Waals surface area contributed by atoms with Crippen LogP contribution in [0.3, 0.4) is 0 Å². The lowest BCUT2D eigenvalue weighted by Gasteiger charge is -2.36. The fourth-order valence-corrected chi connectivity index (χ4v) is 2.36. The summed E-state index contributed by atoms with van der Waals surface area (Å²) in [5.74, 6) is 0.770. The average Bonchev–Trinajstić information content (AvgIpc) is 2.40. The van der Waals surface area contributed by atoms with Crippen molar-refractivity contribution in [1.29, 1.82) is 0 Å². The minimum Gasteiger partial charge on any atom is -0.494 e. The number of guanidine groups is 1. The van der Waals surface area contributed by atoms with Gasteiger partial charge in [-0.3, -0.25) is 0 Å². The predicted octanol–water partition coefficient (Wildman–Crippen LogP) is 2.17. The highest BCUT2D eigenvalue weighted by molar-refractivity contribution is 5.78. The molecule has 1 aliphatic carbocycles. The molecule has 20 heavy (non-hydrogen) atoms. The molecule has 0 unspecified atom stereocenters. The number of rotatable bonds is 5. The van der Waals surface area contributed by atoms with E-state index in [9.17, 15) is 4.39 Å². The number of ether oxygens (including phenoxy) is 1. The molecule has 0 bridgehead atoms. The molecule has 2 rings (SSSR count). The van der Waals surface area contributed by atoms with Crippen molar-refractivity contribution >= 4 is 5.96 Å². The van der Waals surface area contributed by atoms with E-state index in [0.717, 1.165) is 18.4 Å². The molecule has 4 nitrogen and oxygen atoms in total. The molecule has 0 amide bonds. The first-order chi connectivity index (χ1) is 9.63. The Morgan fingerprint density at radius 2 is 2.35 bits per heavy atom. The van der Waals surface area contributed by atoms with E-state index < -0.39 is 0 Å². The van der Waals surface area contributed by atoms with E-state index in [-0.39, 0.29) is 11.6 Å². The van der Waals surface area contributed by atoms with Crippen LogP contribution in [-0.4, -0.2) is 25.7 Å². The molecule has 1 saturated carbocycles. The molecule has 1 fully saturated rings. The Morgan fingerprint density at radius 3 is 2.95 bits per heavy atom. The van der Waals surface area contributed by atoms with Gasteiger partial charge in [0.25, 0.3) is 0 Å². The van der Waals surface area contributed by atoms with Crippen LogP contribution in [0.4, 0.5) is 4.39 Å². The van der Waals surface area contributed by atoms with Crippen molar-refractivity contribution in [3.8, 4) is 5.75 Å². The maximum Gasteiger partial charge on any atom is 0.189 e. The second-order valence-electron chi connectivity index (χ2n) is 4.92. The van der Waals surface area contributed by atoms with Gasteiger partial charge in [-0.25, -0.2) is 9.38 Å². The Kier molecular flexibility index (Phi) is 4.61. The minimum absolute atomic E-state index is 0.281. The molecule has 0 spiro atoms. The lowest BCUT2D eigenvalue weighted by Crippen LogP contribution is -2.46. The molecular formula is C15H20FN3O. The third kappa shape index (κ3) is 3.29. The summed E-state index contributed by atoms with van der Waals surface area (Å²) in [6.45, 7) is 4.10. The smallest absolute Gasteiger partial charge is 0.189 e. The SMILES string of the molecule is C=CCN=C(N)NC1CC(c2ccc(OC)c(F)c2)C1. The molecule has 1 aromatic carbocycles. The van der Waals surface area contributed by atoms with E-state index >= 15 is 0 Å². The molecular weight excluding hydrogens is 257 g/mol. The van der Waals surface area contributed by atoms with Crippen LogP contribution in [0.2, 0.25) is 0 Å². The second-order valence-corrected chi connectivity index (χ2v) is 4.92. The van der Waals surface area contributed by atoms with Gasteiger partial charge in [0, 0.05) is 6.04 Å². The number of benzene rings is 1. The molecule has 1 aromatic rings. The third-order valence-corrected chi connectivity index (χ3v) is 3.53. The number of methoxy groups -OCH3 is 1. The van der Waals surface area contributed by atoms with Crippen LogP contribution in [0.15, 0.2) is 35.8 Å². The topological polar surface area (TPSA) is 59.6 Å². The Morgan fingerprint density at radius 1 is 1.60 bits per heavy atom. The van der Waals surface area contributed by atoms with Crippen molar-refractivity contribution in [1.82, 2.24) is 5.32 Å². The summed E-state index contributed by atoms with van der Waals surface area (Å²) in [5, 5.41) is 3.15. The van der Waals surface area contributed by atoms with E-state index in [1.54, 1.807) is 18.2 Å². The van der Waals surface area contributed by atoms with E-state index in [0.29, 0.717) is 24.5 Å². The molecule has 0 atom stereocenters. The van der Waals surface area contributed by atoms with Gasteiger partial charge in [-0.1, -0.05) is 12.1 Å². The number of hydrogen-bond acceptors (Lipinski definition) is 2. The van der Waals surface area contributed by atoms with Gasteiger partial charge in [0.2, 0.25) is 0 Å². The van der Waals surface area contributed by atoms with Crippen LogP contribution in [0.5, 0.6) is 5.75 Å². The second kappa shape index (κ2) is 6.41. The third-order valence-electron chi connectivity index (χ3n) is 3.53. The lowest BCUT2D eigenvalue weighted by molar-refractivity contribution is 0.321. The van der Waals surface area contributed by atoms with E-state index in [4.69, 9.17) is 10.5 Å². The fraction of sp³-hybridized carbons (Fsp3) is 0.400. The first kappa shape index (κ1) is 14.4. The van der Waals surface area contributed by atoms with Crippen molar-refractivity contribution in [3.05, 3.63) is 42.2 Å². The minimum atomic E-state index is -0.312. The standard InChI is InChI=1S/C15H20FN3O/c1-3-6-18-15(17)19-12-7-11(8-12)10-4-5-14(20-2)13(16)9-10/h3-5,9,11-12H,1,6-8H2,2H3,(H3,17,18,19). The van der Waals surface area contributed by atoms with Crippen LogP contribution in [0.25, 0.3) is 0 Å². The first-order valence-corrected chi connectivity index (χ1v) is 6.64. The number of nitrogens with two attached hydrogens (primary N) is 1. The van der Waals surface area contributed by atoms with Crippen LogP contribution >= 0.6 is 0 Å². The van der Waals surface area contributed by atoms with Crippen molar-refractivity contribution in [2.24, 2.45) is 10.7 Å². The maximum absolute atomic E-state index is 13.6. The van der Waals surface area contributed by atoms with Crippen LogP contribution < -0.4 is 15.8 Å². The lowest BCUT2D eigenvalue weighted by atomic mass is 9.76. The number of halogens is 1. The summed E-state index contributed by atoms with van der Waals surface area (Å²) in [6, 6.07) is 5.44. The summed E-state index contributed by atoms with van der Waals surface area (Å²) in [4.78, 5) is 4.09. The highest BCUT2D eigenvalue weighted by Gasteiger charge is 2.31. The molecule has 0 aliphatic heterocycles. The van der Waals surface area contributed by atoms with Gasteiger partial charge < -0.3 is 15.8 Å². The largest absolute Gasteiger partial charge is 0.494 e. The molecule has 0 aromatic heterocycles. The summed E-state index contributed by atoms with van der Waals surface area (Å²) in [5.41, 5.74) is 6.73. The van der Waals surface area contributed by atoms with Gasteiger partial charge in [-0.05, 0) is 36.5 Å². The normalized spacial score (nSPS) is 22.0. The maximum atomic E-state index is 13.6. The zero-order chi connectivity index (χ0) is 14.5. The van der Waals surface area contributed by atoms with E-state index in [2.05, 4.69) is 16.9 Å². The Bertz CT molecular complexity index is 510. The molecule has 1 aliphatic rings. The van der Waals surface area contributed by atoms with Crippen molar-refractivity contribution in [3.63, 3.8) is 0 Å². The van der Waals surface area contributed by atoms with Crippen LogP contribution in [-0.2, 0) is 0 Å². The fourth-order valence-electron chi connectivity index (χ4n) is 2.36. The molecule has 0 saturated heterocycles. The molecule has 3 N–H and O–H groups in total. The van der Waals surface area contributed by atoms with E-state index in [1.165, 1.54) is 7.11 Å². The van der Waals surface area contributed by atoms with Crippen molar-refractivity contribution in [2.45, 2.75) is 24.8 Å². The number of hydrogen-bond donors (Lipinski definition) is 2. The monoisotopic (exact) mass is 277 g/mol.